The molecule has 164 valence electrons. The van der Waals surface area contributed by atoms with Crippen LogP contribution >= 0.6 is 11.3 Å². The van der Waals surface area contributed by atoms with Gasteiger partial charge in [-0.15, -0.1) is 11.3 Å². The molecule has 0 saturated carbocycles. The van der Waals surface area contributed by atoms with Gasteiger partial charge in [-0.2, -0.15) is 0 Å². The summed E-state index contributed by atoms with van der Waals surface area (Å²) < 4.78 is 0. The molecule has 1 fully saturated rings. The average molecular weight is 458 g/mol. The number of H-pyrrole nitrogens is 2. The molecule has 1 aromatic carbocycles. The van der Waals surface area contributed by atoms with Gasteiger partial charge in [-0.25, -0.2) is 15.0 Å². The number of hydrogen-bond donors (Lipinski definition) is 2. The standard InChI is InChI=1S/C23H19N7O2S/c31-21-20(27-18-12-33-13-19(18)28-21)17-11-15-10-14(2-3-16(15)26-17)22(32)29-6-8-30(9-7-29)23-24-4-1-5-25-23/h1-5,10-13,26H,6-9H2,(H,28,31). The van der Waals surface area contributed by atoms with E-state index in [1.165, 1.54) is 11.3 Å². The molecule has 1 saturated heterocycles. The molecule has 0 aliphatic carbocycles. The molecular weight excluding hydrogens is 438 g/mol. The van der Waals surface area contributed by atoms with Crippen molar-refractivity contribution in [1.29, 1.82) is 0 Å². The van der Waals surface area contributed by atoms with Crippen LogP contribution < -0.4 is 10.5 Å². The highest BCUT2D eigenvalue weighted by Gasteiger charge is 2.23. The molecule has 0 unspecified atom stereocenters. The van der Waals surface area contributed by atoms with E-state index in [0.29, 0.717) is 49.1 Å². The minimum Gasteiger partial charge on any atom is -0.353 e. The summed E-state index contributed by atoms with van der Waals surface area (Å²) >= 11 is 1.49. The number of benzene rings is 1. The zero-order valence-corrected chi connectivity index (χ0v) is 18.3. The fourth-order valence-corrected chi connectivity index (χ4v) is 4.84. The molecule has 10 heteroatoms. The third-order valence-corrected chi connectivity index (χ3v) is 6.59. The van der Waals surface area contributed by atoms with E-state index in [0.717, 1.165) is 21.9 Å². The molecule has 6 rings (SSSR count). The molecule has 2 N–H and O–H groups in total. The quantitative estimate of drug-likeness (QED) is 0.431. The van der Waals surface area contributed by atoms with Crippen molar-refractivity contribution in [1.82, 2.24) is 29.8 Å². The summed E-state index contributed by atoms with van der Waals surface area (Å²) in [6.07, 6.45) is 3.45. The Morgan fingerprint density at radius 2 is 1.79 bits per heavy atom. The van der Waals surface area contributed by atoms with Gasteiger partial charge in [-0.05, 0) is 30.3 Å². The maximum Gasteiger partial charge on any atom is 0.276 e. The Morgan fingerprint density at radius 1 is 0.970 bits per heavy atom. The van der Waals surface area contributed by atoms with Gasteiger partial charge in [-0.3, -0.25) is 9.59 Å². The van der Waals surface area contributed by atoms with Crippen LogP contribution in [0.5, 0.6) is 0 Å². The molecule has 0 spiro atoms. The van der Waals surface area contributed by atoms with E-state index in [9.17, 15) is 9.59 Å². The number of aromatic nitrogens is 5. The number of nitrogens with one attached hydrogen (secondary N) is 2. The van der Waals surface area contributed by atoms with E-state index in [1.54, 1.807) is 18.5 Å². The smallest absolute Gasteiger partial charge is 0.276 e. The van der Waals surface area contributed by atoms with Crippen molar-refractivity contribution in [3.8, 4) is 11.4 Å². The van der Waals surface area contributed by atoms with Gasteiger partial charge in [0.2, 0.25) is 5.95 Å². The normalized spacial score (nSPS) is 14.3. The molecule has 4 aromatic heterocycles. The van der Waals surface area contributed by atoms with Crippen LogP contribution in [0.15, 0.2) is 58.3 Å². The molecule has 1 aliphatic heterocycles. The van der Waals surface area contributed by atoms with Crippen molar-refractivity contribution in [2.24, 2.45) is 0 Å². The lowest BCUT2D eigenvalue weighted by Crippen LogP contribution is -2.49. The number of thiophene rings is 1. The lowest BCUT2D eigenvalue weighted by atomic mass is 10.1. The van der Waals surface area contributed by atoms with Crippen LogP contribution in [0.3, 0.4) is 0 Å². The molecule has 0 radical (unpaired) electrons. The van der Waals surface area contributed by atoms with Gasteiger partial charge in [0, 0.05) is 65.8 Å². The summed E-state index contributed by atoms with van der Waals surface area (Å²) in [5.74, 6) is 0.680. The fourth-order valence-electron chi connectivity index (χ4n) is 4.15. The van der Waals surface area contributed by atoms with Crippen molar-refractivity contribution >= 4 is 45.1 Å². The maximum absolute atomic E-state index is 13.1. The summed E-state index contributed by atoms with van der Waals surface area (Å²) in [6, 6.07) is 9.21. The highest BCUT2D eigenvalue weighted by atomic mass is 32.1. The minimum atomic E-state index is -0.246. The number of nitrogens with zero attached hydrogens (tertiary/aromatic N) is 5. The first-order valence-electron chi connectivity index (χ1n) is 10.6. The van der Waals surface area contributed by atoms with Gasteiger partial charge in [0.1, 0.15) is 0 Å². The second-order valence-electron chi connectivity index (χ2n) is 7.90. The number of carbonyl (C=O) groups excluding carboxylic acids is 1. The van der Waals surface area contributed by atoms with E-state index in [1.807, 2.05) is 39.9 Å². The van der Waals surface area contributed by atoms with E-state index >= 15 is 0 Å². The first-order valence-corrected chi connectivity index (χ1v) is 11.5. The third-order valence-electron chi connectivity index (χ3n) is 5.86. The number of piperazine rings is 1. The summed E-state index contributed by atoms with van der Waals surface area (Å²) in [7, 11) is 0. The summed E-state index contributed by atoms with van der Waals surface area (Å²) in [6.45, 7) is 2.58. The maximum atomic E-state index is 13.1. The van der Waals surface area contributed by atoms with E-state index < -0.39 is 0 Å². The highest BCUT2D eigenvalue weighted by molar-refractivity contribution is 7.09. The Hall–Kier alpha value is -4.05. The topological polar surface area (TPSA) is 111 Å². The van der Waals surface area contributed by atoms with Gasteiger partial charge < -0.3 is 19.8 Å². The SMILES string of the molecule is O=C(c1ccc2[nH]c(-c3nc4cscc4[nH]c3=O)cc2c1)N1CCN(c2ncccn2)CC1. The summed E-state index contributed by atoms with van der Waals surface area (Å²) in [5, 5.41) is 4.63. The first-order chi connectivity index (χ1) is 16.2. The molecule has 9 nitrogen and oxygen atoms in total. The molecule has 1 aliphatic rings. The molecule has 5 heterocycles. The Balaban J connectivity index is 1.24. The number of anilines is 1. The zero-order chi connectivity index (χ0) is 22.4. The Kier molecular flexibility index (Phi) is 4.65. The second kappa shape index (κ2) is 7.82. The molecular formula is C23H19N7O2S. The Labute approximate surface area is 191 Å². The number of hydrogen-bond acceptors (Lipinski definition) is 7. The molecule has 0 bridgehead atoms. The van der Waals surface area contributed by atoms with Gasteiger partial charge in [-0.1, -0.05) is 0 Å². The monoisotopic (exact) mass is 457 g/mol. The summed E-state index contributed by atoms with van der Waals surface area (Å²) in [4.78, 5) is 48.8. The van der Waals surface area contributed by atoms with Crippen molar-refractivity contribution in [2.75, 3.05) is 31.1 Å². The lowest BCUT2D eigenvalue weighted by Gasteiger charge is -2.34. The zero-order valence-electron chi connectivity index (χ0n) is 17.5. The largest absolute Gasteiger partial charge is 0.353 e. The number of amides is 1. The molecule has 1 amide bonds. The first kappa shape index (κ1) is 19.6. The van der Waals surface area contributed by atoms with E-state index in [2.05, 4.69) is 29.8 Å². The number of fused-ring (bicyclic) bond motifs is 2. The Morgan fingerprint density at radius 3 is 2.61 bits per heavy atom. The molecule has 0 atom stereocenters. The Bertz CT molecular complexity index is 1530. The lowest BCUT2D eigenvalue weighted by molar-refractivity contribution is 0.0746. The van der Waals surface area contributed by atoms with Crippen LogP contribution in [-0.4, -0.2) is 61.9 Å². The molecule has 33 heavy (non-hydrogen) atoms. The predicted molar refractivity (Wildman–Crippen MR) is 128 cm³/mol. The average Bonchev–Trinajstić information content (AvgIpc) is 3.49. The van der Waals surface area contributed by atoms with Gasteiger partial charge >= 0.3 is 0 Å². The minimum absolute atomic E-state index is 0.0102. The summed E-state index contributed by atoms with van der Waals surface area (Å²) in [5.41, 5.74) is 3.67. The van der Waals surface area contributed by atoms with Crippen LogP contribution in [-0.2, 0) is 0 Å². The number of carbonyl (C=O) groups is 1. The predicted octanol–water partition coefficient (Wildman–Crippen LogP) is 2.89. The highest BCUT2D eigenvalue weighted by Crippen LogP contribution is 2.24. The second-order valence-corrected chi connectivity index (χ2v) is 8.64. The van der Waals surface area contributed by atoms with Crippen molar-refractivity contribution in [3.63, 3.8) is 0 Å². The van der Waals surface area contributed by atoms with Crippen LogP contribution in [0.1, 0.15) is 10.4 Å². The van der Waals surface area contributed by atoms with Crippen molar-refractivity contribution in [3.05, 3.63) is 69.4 Å². The van der Waals surface area contributed by atoms with E-state index in [-0.39, 0.29) is 11.5 Å². The fraction of sp³-hybridized carbons (Fsp3) is 0.174. The van der Waals surface area contributed by atoms with Crippen LogP contribution in [0.25, 0.3) is 33.3 Å². The number of aromatic amines is 2. The van der Waals surface area contributed by atoms with Crippen LogP contribution in [0, 0.1) is 0 Å². The van der Waals surface area contributed by atoms with Crippen molar-refractivity contribution in [2.45, 2.75) is 0 Å². The van der Waals surface area contributed by atoms with Crippen LogP contribution in [0.4, 0.5) is 5.95 Å². The van der Waals surface area contributed by atoms with Crippen LogP contribution in [0.2, 0.25) is 0 Å². The van der Waals surface area contributed by atoms with Crippen molar-refractivity contribution < 1.29 is 4.79 Å². The van der Waals surface area contributed by atoms with Gasteiger partial charge in [0.25, 0.3) is 11.5 Å². The van der Waals surface area contributed by atoms with Gasteiger partial charge in [0.05, 0.1) is 16.7 Å². The molecule has 5 aromatic rings. The van der Waals surface area contributed by atoms with E-state index in [4.69, 9.17) is 0 Å². The number of rotatable bonds is 3. The van der Waals surface area contributed by atoms with Gasteiger partial charge in [0.15, 0.2) is 5.69 Å². The third kappa shape index (κ3) is 3.54.